The van der Waals surface area contributed by atoms with Crippen LogP contribution in [0, 0.1) is 5.92 Å². The van der Waals surface area contributed by atoms with E-state index < -0.39 is 0 Å². The van der Waals surface area contributed by atoms with E-state index in [1.165, 1.54) is 51.6 Å². The van der Waals surface area contributed by atoms with Gasteiger partial charge in [-0.1, -0.05) is 43.2 Å². The molecule has 1 aliphatic carbocycles. The van der Waals surface area contributed by atoms with Gasteiger partial charge in [-0.2, -0.15) is 0 Å². The summed E-state index contributed by atoms with van der Waals surface area (Å²) >= 11 is 0. The lowest BCUT2D eigenvalue weighted by atomic mass is 9.94. The van der Waals surface area contributed by atoms with Gasteiger partial charge in [0.2, 0.25) is 5.91 Å². The molecule has 1 unspecified atom stereocenters. The van der Waals surface area contributed by atoms with Gasteiger partial charge >= 0.3 is 0 Å². The molecule has 1 saturated carbocycles. The molecule has 1 aromatic carbocycles. The second kappa shape index (κ2) is 10.4. The van der Waals surface area contributed by atoms with Crippen LogP contribution in [0.1, 0.15) is 56.9 Å². The minimum atomic E-state index is 0.127. The zero-order chi connectivity index (χ0) is 19.9. The number of likely N-dealkylation sites (tertiary alicyclic amines) is 1. The molecule has 2 aliphatic heterocycles. The van der Waals surface area contributed by atoms with Gasteiger partial charge < -0.3 is 14.5 Å². The third-order valence-electron chi connectivity index (χ3n) is 6.95. The van der Waals surface area contributed by atoms with Crippen molar-refractivity contribution in [3.63, 3.8) is 0 Å². The van der Waals surface area contributed by atoms with Gasteiger partial charge in [-0.15, -0.1) is 0 Å². The molecule has 2 heterocycles. The summed E-state index contributed by atoms with van der Waals surface area (Å²) in [5, 5.41) is 0. The van der Waals surface area contributed by atoms with E-state index in [-0.39, 0.29) is 12.0 Å². The highest BCUT2D eigenvalue weighted by Crippen LogP contribution is 2.28. The van der Waals surface area contributed by atoms with Gasteiger partial charge in [-0.05, 0) is 69.2 Å². The molecule has 29 heavy (non-hydrogen) atoms. The van der Waals surface area contributed by atoms with Crippen LogP contribution in [0.15, 0.2) is 36.4 Å². The number of ether oxygens (including phenoxy) is 1. The number of nitrogens with zero attached hydrogens (tertiary/aromatic N) is 2. The SMILES string of the molecule is O=C(/C=C/c1ccccc1)N(CC1CCN(C2CCCC2)CC1)CC1CCCO1. The molecule has 4 rings (SSSR count). The van der Waals surface area contributed by atoms with E-state index in [1.54, 1.807) is 6.08 Å². The second-order valence-corrected chi connectivity index (χ2v) is 9.04. The van der Waals surface area contributed by atoms with E-state index in [0.717, 1.165) is 44.1 Å². The van der Waals surface area contributed by atoms with Crippen LogP contribution in [0.2, 0.25) is 0 Å². The van der Waals surface area contributed by atoms with Crippen LogP contribution in [0.25, 0.3) is 6.08 Å². The monoisotopic (exact) mass is 396 g/mol. The van der Waals surface area contributed by atoms with Crippen molar-refractivity contribution in [1.82, 2.24) is 9.80 Å². The Labute approximate surface area is 175 Å². The number of hydrogen-bond acceptors (Lipinski definition) is 3. The van der Waals surface area contributed by atoms with Crippen LogP contribution in [0.4, 0.5) is 0 Å². The summed E-state index contributed by atoms with van der Waals surface area (Å²) in [5.41, 5.74) is 1.07. The van der Waals surface area contributed by atoms with E-state index in [9.17, 15) is 4.79 Å². The summed E-state index contributed by atoms with van der Waals surface area (Å²) in [4.78, 5) is 17.8. The number of benzene rings is 1. The fraction of sp³-hybridized carbons (Fsp3) is 0.640. The van der Waals surface area contributed by atoms with Gasteiger partial charge in [0.25, 0.3) is 0 Å². The summed E-state index contributed by atoms with van der Waals surface area (Å²) in [7, 11) is 0. The highest BCUT2D eigenvalue weighted by Gasteiger charge is 2.29. The normalized spacial score (nSPS) is 24.5. The van der Waals surface area contributed by atoms with Gasteiger partial charge in [0, 0.05) is 31.8 Å². The maximum atomic E-state index is 13.0. The zero-order valence-electron chi connectivity index (χ0n) is 17.7. The third-order valence-corrected chi connectivity index (χ3v) is 6.95. The third kappa shape index (κ3) is 5.93. The first-order chi connectivity index (χ1) is 14.3. The second-order valence-electron chi connectivity index (χ2n) is 9.04. The maximum absolute atomic E-state index is 13.0. The first-order valence-electron chi connectivity index (χ1n) is 11.7. The van der Waals surface area contributed by atoms with E-state index in [4.69, 9.17) is 4.74 Å². The van der Waals surface area contributed by atoms with Crippen molar-refractivity contribution in [2.24, 2.45) is 5.92 Å². The standard InChI is InChI=1S/C25H36N2O2/c28-25(13-12-21-7-2-1-3-8-21)27(20-24-11-6-18-29-24)19-22-14-16-26(17-15-22)23-9-4-5-10-23/h1-3,7-8,12-13,22-24H,4-6,9-11,14-20H2/b13-12+. The summed E-state index contributed by atoms with van der Waals surface area (Å²) in [6.45, 7) is 4.86. The van der Waals surface area contributed by atoms with Crippen LogP contribution in [-0.2, 0) is 9.53 Å². The minimum absolute atomic E-state index is 0.127. The molecule has 1 atom stereocenters. The van der Waals surface area contributed by atoms with Crippen LogP contribution >= 0.6 is 0 Å². The topological polar surface area (TPSA) is 32.8 Å². The van der Waals surface area contributed by atoms with Crippen molar-refractivity contribution in [3.05, 3.63) is 42.0 Å². The van der Waals surface area contributed by atoms with Crippen LogP contribution < -0.4 is 0 Å². The van der Waals surface area contributed by atoms with E-state index in [0.29, 0.717) is 5.92 Å². The molecule has 0 aromatic heterocycles. The average molecular weight is 397 g/mol. The van der Waals surface area contributed by atoms with Crippen molar-refractivity contribution in [1.29, 1.82) is 0 Å². The molecule has 2 saturated heterocycles. The molecule has 1 aromatic rings. The Morgan fingerprint density at radius 3 is 2.45 bits per heavy atom. The summed E-state index contributed by atoms with van der Waals surface area (Å²) in [6, 6.07) is 10.9. The van der Waals surface area contributed by atoms with Crippen molar-refractivity contribution in [3.8, 4) is 0 Å². The van der Waals surface area contributed by atoms with E-state index in [1.807, 2.05) is 36.4 Å². The summed E-state index contributed by atoms with van der Waals surface area (Å²) in [5.74, 6) is 0.741. The quantitative estimate of drug-likeness (QED) is 0.642. The molecule has 0 radical (unpaired) electrons. The van der Waals surface area contributed by atoms with Crippen molar-refractivity contribution in [2.45, 2.75) is 63.5 Å². The number of rotatable bonds is 7. The molecular formula is C25H36N2O2. The molecule has 3 aliphatic rings. The van der Waals surface area contributed by atoms with Gasteiger partial charge in [0.1, 0.15) is 0 Å². The molecule has 158 valence electrons. The Bertz CT molecular complexity index is 655. The Balaban J connectivity index is 1.33. The van der Waals surface area contributed by atoms with Crippen molar-refractivity contribution in [2.75, 3.05) is 32.8 Å². The lowest BCUT2D eigenvalue weighted by Gasteiger charge is -2.38. The summed E-state index contributed by atoms with van der Waals surface area (Å²) < 4.78 is 5.84. The number of carbonyl (C=O) groups excluding carboxylic acids is 1. The molecule has 0 spiro atoms. The first kappa shape index (κ1) is 20.6. The molecule has 1 amide bonds. The van der Waals surface area contributed by atoms with Crippen LogP contribution in [0.5, 0.6) is 0 Å². The predicted molar refractivity (Wildman–Crippen MR) is 118 cm³/mol. The van der Waals surface area contributed by atoms with Gasteiger partial charge in [0.05, 0.1) is 6.10 Å². The Kier molecular flexibility index (Phi) is 7.39. The number of hydrogen-bond donors (Lipinski definition) is 0. The average Bonchev–Trinajstić information content (AvgIpc) is 3.47. The van der Waals surface area contributed by atoms with Crippen LogP contribution in [-0.4, -0.2) is 60.6 Å². The minimum Gasteiger partial charge on any atom is -0.376 e. The highest BCUT2D eigenvalue weighted by molar-refractivity contribution is 5.91. The van der Waals surface area contributed by atoms with Gasteiger partial charge in [-0.3, -0.25) is 4.79 Å². The largest absolute Gasteiger partial charge is 0.376 e. The lowest BCUT2D eigenvalue weighted by molar-refractivity contribution is -0.128. The summed E-state index contributed by atoms with van der Waals surface area (Å²) in [6.07, 6.45) is 14.1. The smallest absolute Gasteiger partial charge is 0.246 e. The van der Waals surface area contributed by atoms with Gasteiger partial charge in [-0.25, -0.2) is 0 Å². The molecular weight excluding hydrogens is 360 g/mol. The van der Waals surface area contributed by atoms with E-state index in [2.05, 4.69) is 9.80 Å². The number of amides is 1. The van der Waals surface area contributed by atoms with Crippen molar-refractivity contribution < 1.29 is 9.53 Å². The number of carbonyl (C=O) groups is 1. The molecule has 0 N–H and O–H groups in total. The Morgan fingerprint density at radius 2 is 1.76 bits per heavy atom. The Hall–Kier alpha value is -1.65. The zero-order valence-corrected chi connectivity index (χ0v) is 17.7. The maximum Gasteiger partial charge on any atom is 0.246 e. The first-order valence-corrected chi connectivity index (χ1v) is 11.7. The van der Waals surface area contributed by atoms with Gasteiger partial charge in [0.15, 0.2) is 0 Å². The Morgan fingerprint density at radius 1 is 1.00 bits per heavy atom. The lowest BCUT2D eigenvalue weighted by Crippen LogP contribution is -2.45. The van der Waals surface area contributed by atoms with Crippen molar-refractivity contribution >= 4 is 12.0 Å². The molecule has 0 bridgehead atoms. The molecule has 4 heteroatoms. The fourth-order valence-electron chi connectivity index (χ4n) is 5.21. The number of piperidine rings is 1. The fourth-order valence-corrected chi connectivity index (χ4v) is 5.21. The molecule has 4 nitrogen and oxygen atoms in total. The predicted octanol–water partition coefficient (Wildman–Crippen LogP) is 4.36. The highest BCUT2D eigenvalue weighted by atomic mass is 16.5. The van der Waals surface area contributed by atoms with E-state index >= 15 is 0 Å². The van der Waals surface area contributed by atoms with Crippen LogP contribution in [0.3, 0.4) is 0 Å². The molecule has 3 fully saturated rings.